The van der Waals surface area contributed by atoms with Crippen molar-refractivity contribution in [1.29, 1.82) is 5.26 Å². The molecular formula is C13H11N3O. The number of allylic oxidation sites excluding steroid dienone is 2. The van der Waals surface area contributed by atoms with E-state index in [0.717, 1.165) is 11.3 Å². The molecule has 0 aliphatic carbocycles. The van der Waals surface area contributed by atoms with Crippen LogP contribution in [0.5, 0.6) is 5.75 Å². The molecule has 17 heavy (non-hydrogen) atoms. The summed E-state index contributed by atoms with van der Waals surface area (Å²) in [6, 6.07) is 1.86. The number of rotatable bonds is 2. The Kier molecular flexibility index (Phi) is 2.67. The molecule has 0 unspecified atom stereocenters. The molecule has 0 bridgehead atoms. The summed E-state index contributed by atoms with van der Waals surface area (Å²) in [7, 11) is 0. The van der Waals surface area contributed by atoms with E-state index < -0.39 is 0 Å². The molecule has 2 aromatic heterocycles. The summed E-state index contributed by atoms with van der Waals surface area (Å²) >= 11 is 0. The van der Waals surface area contributed by atoms with Crippen molar-refractivity contribution in [3.63, 3.8) is 0 Å². The van der Waals surface area contributed by atoms with Gasteiger partial charge in [0.1, 0.15) is 6.07 Å². The number of nitrogens with one attached hydrogen (secondary N) is 1. The Balaban J connectivity index is 2.83. The molecule has 0 amide bonds. The number of fused-ring (bicyclic) bond motifs is 1. The van der Waals surface area contributed by atoms with Gasteiger partial charge in [-0.05, 0) is 6.92 Å². The first-order chi connectivity index (χ1) is 8.19. The van der Waals surface area contributed by atoms with Crippen LogP contribution in [0.4, 0.5) is 0 Å². The fourth-order valence-corrected chi connectivity index (χ4v) is 1.78. The topological polar surface area (TPSA) is 72.7 Å². The Morgan fingerprint density at radius 1 is 1.59 bits per heavy atom. The van der Waals surface area contributed by atoms with E-state index in [1.54, 1.807) is 18.3 Å². The normalized spacial score (nSPS) is 10.8. The minimum atomic E-state index is -0.0851. The summed E-state index contributed by atoms with van der Waals surface area (Å²) in [6.45, 7) is 5.50. The fourth-order valence-electron chi connectivity index (χ4n) is 1.78. The zero-order valence-corrected chi connectivity index (χ0v) is 9.36. The van der Waals surface area contributed by atoms with E-state index in [2.05, 4.69) is 16.5 Å². The third-order valence-corrected chi connectivity index (χ3v) is 2.55. The van der Waals surface area contributed by atoms with Gasteiger partial charge in [0.2, 0.25) is 0 Å². The quantitative estimate of drug-likeness (QED) is 0.771. The smallest absolute Gasteiger partial charge is 0.183 e. The van der Waals surface area contributed by atoms with E-state index in [-0.39, 0.29) is 11.4 Å². The lowest BCUT2D eigenvalue weighted by atomic mass is 10.1. The molecule has 2 heterocycles. The monoisotopic (exact) mass is 225 g/mol. The number of aromatic nitrogens is 2. The third kappa shape index (κ3) is 1.68. The van der Waals surface area contributed by atoms with Crippen LogP contribution >= 0.6 is 0 Å². The van der Waals surface area contributed by atoms with Gasteiger partial charge in [0.15, 0.2) is 11.4 Å². The molecule has 0 aliphatic rings. The summed E-state index contributed by atoms with van der Waals surface area (Å²) < 4.78 is 0. The molecule has 0 saturated carbocycles. The van der Waals surface area contributed by atoms with Gasteiger partial charge in [0.05, 0.1) is 17.1 Å². The maximum absolute atomic E-state index is 9.98. The zero-order chi connectivity index (χ0) is 12.4. The third-order valence-electron chi connectivity index (χ3n) is 2.55. The molecule has 0 aromatic carbocycles. The number of hydrogen-bond donors (Lipinski definition) is 2. The average molecular weight is 225 g/mol. The maximum atomic E-state index is 9.98. The van der Waals surface area contributed by atoms with E-state index in [4.69, 9.17) is 5.26 Å². The van der Waals surface area contributed by atoms with Crippen molar-refractivity contribution >= 4 is 17.0 Å². The first-order valence-corrected chi connectivity index (χ1v) is 5.08. The van der Waals surface area contributed by atoms with Crippen LogP contribution in [-0.2, 0) is 0 Å². The van der Waals surface area contributed by atoms with Gasteiger partial charge >= 0.3 is 0 Å². The van der Waals surface area contributed by atoms with E-state index in [1.807, 2.05) is 19.1 Å². The number of aryl methyl sites for hydroxylation is 1. The van der Waals surface area contributed by atoms with Gasteiger partial charge in [-0.25, -0.2) is 4.98 Å². The summed E-state index contributed by atoms with van der Waals surface area (Å²) in [5.74, 6) is -0.0851. The van der Waals surface area contributed by atoms with Crippen molar-refractivity contribution in [2.45, 2.75) is 6.92 Å². The van der Waals surface area contributed by atoms with Gasteiger partial charge in [-0.1, -0.05) is 24.8 Å². The van der Waals surface area contributed by atoms with Crippen molar-refractivity contribution in [2.24, 2.45) is 0 Å². The highest BCUT2D eigenvalue weighted by Gasteiger charge is 2.14. The largest absolute Gasteiger partial charge is 0.504 e. The molecule has 0 saturated heterocycles. The van der Waals surface area contributed by atoms with Gasteiger partial charge in [-0.3, -0.25) is 0 Å². The molecule has 2 N–H and O–H groups in total. The summed E-state index contributed by atoms with van der Waals surface area (Å²) in [5.41, 5.74) is 2.49. The minimum absolute atomic E-state index is 0.0322. The second-order valence-corrected chi connectivity index (χ2v) is 3.61. The molecule has 0 spiro atoms. The molecule has 0 atom stereocenters. The number of hydrogen-bond acceptors (Lipinski definition) is 3. The van der Waals surface area contributed by atoms with E-state index in [1.165, 1.54) is 0 Å². The van der Waals surface area contributed by atoms with Crippen molar-refractivity contribution in [1.82, 2.24) is 9.97 Å². The van der Waals surface area contributed by atoms with Gasteiger partial charge in [0, 0.05) is 11.3 Å². The minimum Gasteiger partial charge on any atom is -0.504 e. The predicted octanol–water partition coefficient (Wildman–Crippen LogP) is 2.65. The highest BCUT2D eigenvalue weighted by Crippen LogP contribution is 2.32. The van der Waals surface area contributed by atoms with Crippen LogP contribution in [-0.4, -0.2) is 15.1 Å². The number of pyridine rings is 1. The van der Waals surface area contributed by atoms with E-state index in [9.17, 15) is 5.11 Å². The lowest BCUT2D eigenvalue weighted by Crippen LogP contribution is -1.84. The number of aromatic hydroxyl groups is 1. The Hall–Kier alpha value is -2.54. The summed E-state index contributed by atoms with van der Waals surface area (Å²) in [6.07, 6.45) is 6.82. The molecule has 2 aromatic rings. The van der Waals surface area contributed by atoms with Crippen LogP contribution < -0.4 is 0 Å². The number of aromatic amines is 1. The number of nitrogens with zero attached hydrogens (tertiary/aromatic N) is 2. The van der Waals surface area contributed by atoms with Crippen LogP contribution in [0.3, 0.4) is 0 Å². The zero-order valence-electron chi connectivity index (χ0n) is 9.36. The second kappa shape index (κ2) is 4.14. The highest BCUT2D eigenvalue weighted by atomic mass is 16.3. The van der Waals surface area contributed by atoms with Gasteiger partial charge < -0.3 is 10.1 Å². The predicted molar refractivity (Wildman–Crippen MR) is 66.4 cm³/mol. The van der Waals surface area contributed by atoms with Crippen LogP contribution in [0.15, 0.2) is 24.9 Å². The SMILES string of the molecule is C=CC=Cc1c(C)[nH]c2cnc(C#N)c(O)c12. The summed E-state index contributed by atoms with van der Waals surface area (Å²) in [4.78, 5) is 6.98. The van der Waals surface area contributed by atoms with E-state index in [0.29, 0.717) is 10.9 Å². The highest BCUT2D eigenvalue weighted by molar-refractivity contribution is 5.95. The molecule has 4 heteroatoms. The molecule has 0 aliphatic heterocycles. The van der Waals surface area contributed by atoms with Gasteiger partial charge in [-0.15, -0.1) is 0 Å². The van der Waals surface area contributed by atoms with Crippen LogP contribution in [0.25, 0.3) is 17.0 Å². The Labute approximate surface area is 98.5 Å². The van der Waals surface area contributed by atoms with Crippen molar-refractivity contribution in [2.75, 3.05) is 0 Å². The lowest BCUT2D eigenvalue weighted by molar-refractivity contribution is 0.477. The Morgan fingerprint density at radius 3 is 3.00 bits per heavy atom. The number of H-pyrrole nitrogens is 1. The molecule has 2 rings (SSSR count). The lowest BCUT2D eigenvalue weighted by Gasteiger charge is -1.98. The molecule has 84 valence electrons. The van der Waals surface area contributed by atoms with Crippen LogP contribution in [0, 0.1) is 18.3 Å². The first-order valence-electron chi connectivity index (χ1n) is 5.08. The van der Waals surface area contributed by atoms with Crippen molar-refractivity contribution in [3.8, 4) is 11.8 Å². The molecule has 0 fully saturated rings. The standard InChI is InChI=1S/C13H11N3O/c1-3-4-5-9-8(2)16-11-7-15-10(6-14)13(17)12(9)11/h3-5,7,16-17H,1H2,2H3. The van der Waals surface area contributed by atoms with Crippen LogP contribution in [0.1, 0.15) is 17.0 Å². The average Bonchev–Trinajstić information content (AvgIpc) is 2.64. The van der Waals surface area contributed by atoms with Gasteiger partial charge in [0.25, 0.3) is 0 Å². The van der Waals surface area contributed by atoms with Crippen LogP contribution in [0.2, 0.25) is 0 Å². The molecule has 4 nitrogen and oxygen atoms in total. The van der Waals surface area contributed by atoms with E-state index >= 15 is 0 Å². The van der Waals surface area contributed by atoms with Crippen molar-refractivity contribution < 1.29 is 5.11 Å². The fraction of sp³-hybridized carbons (Fsp3) is 0.0769. The number of nitriles is 1. The Morgan fingerprint density at radius 2 is 2.35 bits per heavy atom. The first kappa shape index (κ1) is 11.0. The second-order valence-electron chi connectivity index (χ2n) is 3.61. The molecule has 0 radical (unpaired) electrons. The maximum Gasteiger partial charge on any atom is 0.183 e. The van der Waals surface area contributed by atoms with Gasteiger partial charge in [-0.2, -0.15) is 5.26 Å². The molecular weight excluding hydrogens is 214 g/mol. The Bertz CT molecular complexity index is 659. The van der Waals surface area contributed by atoms with Crippen molar-refractivity contribution in [3.05, 3.63) is 41.9 Å². The summed E-state index contributed by atoms with van der Waals surface area (Å²) in [5, 5.41) is 19.4.